The zero-order chi connectivity index (χ0) is 14.6. The van der Waals surface area contributed by atoms with Crippen LogP contribution in [0.1, 0.15) is 11.3 Å². The number of thiophene rings is 1. The molecule has 4 N–H and O–H groups in total. The van der Waals surface area contributed by atoms with Crippen LogP contribution in [0.3, 0.4) is 0 Å². The molecule has 20 heavy (non-hydrogen) atoms. The summed E-state index contributed by atoms with van der Waals surface area (Å²) in [6, 6.07) is 3.95. The maximum Gasteiger partial charge on any atom is 0.0902 e. The Hall–Kier alpha value is -0.850. The number of halogens is 1. The van der Waals surface area contributed by atoms with E-state index in [4.69, 9.17) is 27.5 Å². The molecule has 6 heteroatoms. The lowest BCUT2D eigenvalue weighted by Gasteiger charge is -2.34. The van der Waals surface area contributed by atoms with Gasteiger partial charge in [0.15, 0.2) is 0 Å². The molecule has 0 aliphatic heterocycles. The maximum absolute atomic E-state index is 9.09. The van der Waals surface area contributed by atoms with E-state index < -0.39 is 5.54 Å². The Labute approximate surface area is 127 Å². The lowest BCUT2D eigenvalue weighted by atomic mass is 9.89. The number of hydrogen-bond acceptors (Lipinski definition) is 5. The number of allylic oxidation sites excluding steroid dienone is 1. The number of aliphatic hydroxyl groups is 2. The van der Waals surface area contributed by atoms with Gasteiger partial charge in [0.05, 0.1) is 18.8 Å². The van der Waals surface area contributed by atoms with Gasteiger partial charge in [0.1, 0.15) is 0 Å². The van der Waals surface area contributed by atoms with Gasteiger partial charge in [0, 0.05) is 28.7 Å². The van der Waals surface area contributed by atoms with Gasteiger partial charge in [0.2, 0.25) is 0 Å². The van der Waals surface area contributed by atoms with Crippen molar-refractivity contribution in [3.63, 3.8) is 0 Å². The van der Waals surface area contributed by atoms with Gasteiger partial charge in [-0.05, 0) is 23.9 Å². The van der Waals surface area contributed by atoms with Gasteiger partial charge in [-0.2, -0.15) is 0 Å². The summed E-state index contributed by atoms with van der Waals surface area (Å²) in [4.78, 5) is 2.93. The normalized spacial score (nSPS) is 22.4. The molecule has 0 bridgehead atoms. The number of hydrogen-bond donors (Lipinski definition) is 3. The predicted molar refractivity (Wildman–Crippen MR) is 82.6 cm³/mol. The van der Waals surface area contributed by atoms with E-state index in [0.717, 1.165) is 10.6 Å². The third-order valence-electron chi connectivity index (χ3n) is 3.40. The molecule has 1 aromatic heterocycles. The first-order valence-corrected chi connectivity index (χ1v) is 7.75. The van der Waals surface area contributed by atoms with Gasteiger partial charge < -0.3 is 20.8 Å². The number of rotatable bonds is 6. The molecule has 0 amide bonds. The summed E-state index contributed by atoms with van der Waals surface area (Å²) in [6.45, 7) is 0.982. The van der Waals surface area contributed by atoms with Crippen LogP contribution >= 0.6 is 22.9 Å². The molecule has 0 fully saturated rings. The third-order valence-corrected chi connectivity index (χ3v) is 4.89. The largest absolute Gasteiger partial charge is 0.395 e. The number of aliphatic hydroxyl groups excluding tert-OH is 2. The van der Waals surface area contributed by atoms with Crippen LogP contribution in [0.25, 0.3) is 0 Å². The molecule has 0 aromatic carbocycles. The van der Waals surface area contributed by atoms with E-state index in [1.807, 2.05) is 34.6 Å². The second kappa shape index (κ2) is 6.74. The Bertz CT molecular complexity index is 495. The fraction of sp³-hybridized carbons (Fsp3) is 0.429. The number of nitrogens with two attached hydrogens (primary N) is 1. The summed E-state index contributed by atoms with van der Waals surface area (Å²) in [7, 11) is 0. The molecule has 0 saturated heterocycles. The molecule has 1 heterocycles. The van der Waals surface area contributed by atoms with Crippen molar-refractivity contribution in [3.8, 4) is 0 Å². The smallest absolute Gasteiger partial charge is 0.0902 e. The Morgan fingerprint density at radius 2 is 2.05 bits per heavy atom. The summed E-state index contributed by atoms with van der Waals surface area (Å²) in [6.07, 6.45) is 4.44. The highest BCUT2D eigenvalue weighted by Crippen LogP contribution is 2.39. The summed E-state index contributed by atoms with van der Waals surface area (Å²) in [5.41, 5.74) is 6.66. The van der Waals surface area contributed by atoms with E-state index in [2.05, 4.69) is 0 Å². The van der Waals surface area contributed by atoms with Crippen molar-refractivity contribution >= 4 is 22.9 Å². The van der Waals surface area contributed by atoms with Crippen LogP contribution in [0.5, 0.6) is 0 Å². The summed E-state index contributed by atoms with van der Waals surface area (Å²) >= 11 is 7.99. The van der Waals surface area contributed by atoms with E-state index in [9.17, 15) is 0 Å². The Kier molecular flexibility index (Phi) is 5.23. The molecular weight excluding hydrogens is 296 g/mol. The zero-order valence-corrected chi connectivity index (χ0v) is 12.7. The molecule has 1 aromatic rings. The molecule has 2 rings (SSSR count). The predicted octanol–water partition coefficient (Wildman–Crippen LogP) is 1.60. The second-order valence-electron chi connectivity index (χ2n) is 4.71. The molecule has 110 valence electrons. The van der Waals surface area contributed by atoms with Crippen molar-refractivity contribution in [1.82, 2.24) is 4.90 Å². The first-order valence-electron chi connectivity index (χ1n) is 6.49. The summed E-state index contributed by atoms with van der Waals surface area (Å²) in [5.74, 6) is 0. The van der Waals surface area contributed by atoms with E-state index in [0.29, 0.717) is 24.5 Å². The van der Waals surface area contributed by atoms with Gasteiger partial charge in [-0.3, -0.25) is 0 Å². The lowest BCUT2D eigenvalue weighted by Crippen LogP contribution is -2.39. The molecule has 4 nitrogen and oxygen atoms in total. The average Bonchev–Trinajstić information content (AvgIpc) is 2.96. The van der Waals surface area contributed by atoms with Crippen LogP contribution in [0.2, 0.25) is 0 Å². The second-order valence-corrected chi connectivity index (χ2v) is 6.06. The first kappa shape index (κ1) is 15.5. The van der Waals surface area contributed by atoms with E-state index in [-0.39, 0.29) is 13.2 Å². The minimum atomic E-state index is -0.663. The minimum absolute atomic E-state index is 0.0293. The molecule has 0 saturated carbocycles. The maximum atomic E-state index is 9.09. The first-order chi connectivity index (χ1) is 9.61. The van der Waals surface area contributed by atoms with Crippen LogP contribution in [-0.2, 0) is 5.54 Å². The Balaban J connectivity index is 2.20. The highest BCUT2D eigenvalue weighted by molar-refractivity contribution is 7.10. The van der Waals surface area contributed by atoms with Crippen molar-refractivity contribution in [2.24, 2.45) is 5.73 Å². The van der Waals surface area contributed by atoms with Crippen LogP contribution in [0.4, 0.5) is 0 Å². The van der Waals surface area contributed by atoms with Crippen LogP contribution < -0.4 is 5.73 Å². The summed E-state index contributed by atoms with van der Waals surface area (Å²) in [5, 5.41) is 20.7. The van der Waals surface area contributed by atoms with Crippen LogP contribution in [-0.4, -0.2) is 41.4 Å². The topological polar surface area (TPSA) is 69.7 Å². The van der Waals surface area contributed by atoms with Crippen molar-refractivity contribution in [2.45, 2.75) is 12.0 Å². The standard InChI is InChI=1S/C14H19ClN2O2S/c15-12-10-11(17(5-7-18)6-8-19)3-4-14(12,16)13-2-1-9-20-13/h1-3,9-10,18-19H,4-8,16H2. The number of nitrogens with zero attached hydrogens (tertiary/aromatic N) is 1. The summed E-state index contributed by atoms with van der Waals surface area (Å²) < 4.78 is 0. The Morgan fingerprint density at radius 1 is 1.35 bits per heavy atom. The monoisotopic (exact) mass is 314 g/mol. The highest BCUT2D eigenvalue weighted by atomic mass is 35.5. The third kappa shape index (κ3) is 3.07. The molecule has 0 spiro atoms. The van der Waals surface area contributed by atoms with Gasteiger partial charge in [-0.15, -0.1) is 11.3 Å². The van der Waals surface area contributed by atoms with E-state index in [1.165, 1.54) is 0 Å². The quantitative estimate of drug-likeness (QED) is 0.746. The van der Waals surface area contributed by atoms with Crippen molar-refractivity contribution in [3.05, 3.63) is 45.3 Å². The van der Waals surface area contributed by atoms with Crippen molar-refractivity contribution in [2.75, 3.05) is 26.3 Å². The van der Waals surface area contributed by atoms with Crippen molar-refractivity contribution < 1.29 is 10.2 Å². The van der Waals surface area contributed by atoms with Crippen LogP contribution in [0.15, 0.2) is 40.4 Å². The zero-order valence-electron chi connectivity index (χ0n) is 11.1. The molecule has 1 aliphatic rings. The van der Waals surface area contributed by atoms with Gasteiger partial charge in [-0.1, -0.05) is 23.7 Å². The van der Waals surface area contributed by atoms with Gasteiger partial charge in [0.25, 0.3) is 0 Å². The lowest BCUT2D eigenvalue weighted by molar-refractivity contribution is 0.191. The van der Waals surface area contributed by atoms with Crippen LogP contribution in [0, 0.1) is 0 Å². The molecule has 1 atom stereocenters. The van der Waals surface area contributed by atoms with Crippen molar-refractivity contribution in [1.29, 1.82) is 0 Å². The fourth-order valence-corrected chi connectivity index (χ4v) is 3.47. The molecule has 1 unspecified atom stereocenters. The van der Waals surface area contributed by atoms with Gasteiger partial charge >= 0.3 is 0 Å². The average molecular weight is 315 g/mol. The van der Waals surface area contributed by atoms with E-state index >= 15 is 0 Å². The van der Waals surface area contributed by atoms with Gasteiger partial charge in [-0.25, -0.2) is 0 Å². The molecule has 0 radical (unpaired) electrons. The molecule has 1 aliphatic carbocycles. The minimum Gasteiger partial charge on any atom is -0.395 e. The Morgan fingerprint density at radius 3 is 2.55 bits per heavy atom. The highest BCUT2D eigenvalue weighted by Gasteiger charge is 2.34. The fourth-order valence-electron chi connectivity index (χ4n) is 2.26. The SMILES string of the molecule is NC1(c2cccs2)CC=C(N(CCO)CCO)C=C1Cl. The van der Waals surface area contributed by atoms with E-state index in [1.54, 1.807) is 11.3 Å². The molecular formula is C14H19ClN2O2S.